The molecule has 12 heavy (non-hydrogen) atoms. The highest BCUT2D eigenvalue weighted by Gasteiger charge is 2.10. The van der Waals surface area contributed by atoms with Crippen molar-refractivity contribution in [3.8, 4) is 5.75 Å². The Balaban J connectivity index is 3.15. The predicted molar refractivity (Wildman–Crippen MR) is 49.8 cm³/mol. The molecule has 0 radical (unpaired) electrons. The van der Waals surface area contributed by atoms with E-state index in [1.165, 1.54) is 0 Å². The minimum Gasteiger partial charge on any atom is -0.506 e. The number of para-hydroxylation sites is 1. The van der Waals surface area contributed by atoms with Gasteiger partial charge in [0.05, 0.1) is 0 Å². The quantitative estimate of drug-likeness (QED) is 0.542. The van der Waals surface area contributed by atoms with Crippen molar-refractivity contribution in [1.82, 2.24) is 0 Å². The topological polar surface area (TPSA) is 37.3 Å². The molecule has 3 heteroatoms. The molecule has 0 spiro atoms. The van der Waals surface area contributed by atoms with Gasteiger partial charge in [-0.2, -0.15) is 0 Å². The van der Waals surface area contributed by atoms with E-state index in [1.54, 1.807) is 25.1 Å². The fourth-order valence-corrected chi connectivity index (χ4v) is 1.20. The Morgan fingerprint density at radius 3 is 2.83 bits per heavy atom. The summed E-state index contributed by atoms with van der Waals surface area (Å²) in [6.45, 7) is 1.73. The summed E-state index contributed by atoms with van der Waals surface area (Å²) in [5.41, 5.74) is 0.623. The highest BCUT2D eigenvalue weighted by molar-refractivity contribution is 7.80. The molecule has 2 nitrogen and oxygen atoms in total. The van der Waals surface area contributed by atoms with Crippen molar-refractivity contribution < 1.29 is 9.90 Å². The molecule has 0 amide bonds. The minimum atomic E-state index is -0.280. The Kier molecular flexibility index (Phi) is 2.76. The zero-order chi connectivity index (χ0) is 9.14. The molecule has 0 aliphatic heterocycles. The van der Waals surface area contributed by atoms with E-state index in [1.807, 2.05) is 0 Å². The van der Waals surface area contributed by atoms with Crippen LogP contribution in [0.4, 0.5) is 0 Å². The summed E-state index contributed by atoms with van der Waals surface area (Å²) in [6, 6.07) is 5.16. The average molecular weight is 182 g/mol. The Hall–Kier alpha value is -0.960. The van der Waals surface area contributed by atoms with Gasteiger partial charge in [0.25, 0.3) is 0 Å². The fourth-order valence-electron chi connectivity index (χ4n) is 0.989. The monoisotopic (exact) mass is 182 g/mol. The second-order valence-corrected chi connectivity index (χ2v) is 3.12. The van der Waals surface area contributed by atoms with E-state index < -0.39 is 0 Å². The van der Waals surface area contributed by atoms with E-state index in [0.717, 1.165) is 6.29 Å². The SMILES string of the molecule is CC(C=O)c1cccc(S)c1O. The summed E-state index contributed by atoms with van der Waals surface area (Å²) >= 11 is 4.04. The molecule has 0 saturated carbocycles. The number of thiol groups is 1. The third-order valence-corrected chi connectivity index (χ3v) is 2.10. The zero-order valence-corrected chi connectivity index (χ0v) is 7.58. The number of carbonyl (C=O) groups is 1. The van der Waals surface area contributed by atoms with Gasteiger partial charge in [-0.15, -0.1) is 12.6 Å². The van der Waals surface area contributed by atoms with Crippen LogP contribution < -0.4 is 0 Å². The van der Waals surface area contributed by atoms with Gasteiger partial charge in [0.2, 0.25) is 0 Å². The second-order valence-electron chi connectivity index (χ2n) is 2.64. The first-order chi connectivity index (χ1) is 5.66. The lowest BCUT2D eigenvalue weighted by molar-refractivity contribution is -0.108. The molecule has 1 atom stereocenters. The number of rotatable bonds is 2. The van der Waals surface area contributed by atoms with Crippen LogP contribution in [0.1, 0.15) is 18.4 Å². The lowest BCUT2D eigenvalue weighted by atomic mass is 10.0. The predicted octanol–water partition coefficient (Wildman–Crippen LogP) is 1.98. The molecular formula is C9H10O2S. The van der Waals surface area contributed by atoms with Crippen molar-refractivity contribution in [2.24, 2.45) is 0 Å². The molecule has 0 aliphatic rings. The summed E-state index contributed by atoms with van der Waals surface area (Å²) in [5, 5.41) is 9.46. The molecule has 64 valence electrons. The number of carbonyl (C=O) groups excluding carboxylic acids is 1. The van der Waals surface area contributed by atoms with E-state index in [9.17, 15) is 9.90 Å². The fraction of sp³-hybridized carbons (Fsp3) is 0.222. The van der Waals surface area contributed by atoms with Gasteiger partial charge in [-0.1, -0.05) is 19.1 Å². The van der Waals surface area contributed by atoms with Gasteiger partial charge >= 0.3 is 0 Å². The number of benzene rings is 1. The van der Waals surface area contributed by atoms with Crippen molar-refractivity contribution in [1.29, 1.82) is 0 Å². The Morgan fingerprint density at radius 1 is 1.58 bits per heavy atom. The van der Waals surface area contributed by atoms with Crippen molar-refractivity contribution in [3.63, 3.8) is 0 Å². The smallest absolute Gasteiger partial charge is 0.132 e. The molecule has 1 rings (SSSR count). The number of aldehydes is 1. The van der Waals surface area contributed by atoms with Crippen LogP contribution in [0, 0.1) is 0 Å². The summed E-state index contributed by atoms with van der Waals surface area (Å²) < 4.78 is 0. The van der Waals surface area contributed by atoms with Gasteiger partial charge in [-0.25, -0.2) is 0 Å². The number of hydrogen-bond donors (Lipinski definition) is 2. The number of phenolic OH excluding ortho intramolecular Hbond substituents is 1. The Morgan fingerprint density at radius 2 is 2.25 bits per heavy atom. The van der Waals surface area contributed by atoms with E-state index in [2.05, 4.69) is 12.6 Å². The van der Waals surface area contributed by atoms with E-state index in [0.29, 0.717) is 10.5 Å². The van der Waals surface area contributed by atoms with Gasteiger partial charge < -0.3 is 9.90 Å². The normalized spacial score (nSPS) is 12.5. The Bertz CT molecular complexity index is 297. The first-order valence-corrected chi connectivity index (χ1v) is 4.07. The summed E-state index contributed by atoms with van der Waals surface area (Å²) in [5.74, 6) is -0.183. The molecule has 0 heterocycles. The van der Waals surface area contributed by atoms with E-state index >= 15 is 0 Å². The van der Waals surface area contributed by atoms with Crippen LogP contribution in [0.3, 0.4) is 0 Å². The highest BCUT2D eigenvalue weighted by Crippen LogP contribution is 2.29. The Labute approximate surface area is 76.6 Å². The van der Waals surface area contributed by atoms with E-state index in [-0.39, 0.29) is 11.7 Å². The molecule has 1 N–H and O–H groups in total. The van der Waals surface area contributed by atoms with Gasteiger partial charge in [0.15, 0.2) is 0 Å². The standard InChI is InChI=1S/C9H10O2S/c1-6(5-10)7-3-2-4-8(12)9(7)11/h2-6,11-12H,1H3. The highest BCUT2D eigenvalue weighted by atomic mass is 32.1. The van der Waals surface area contributed by atoms with Gasteiger partial charge in [0, 0.05) is 16.4 Å². The minimum absolute atomic E-state index is 0.0976. The van der Waals surface area contributed by atoms with Gasteiger partial charge in [-0.05, 0) is 6.07 Å². The largest absolute Gasteiger partial charge is 0.506 e. The summed E-state index contributed by atoms with van der Waals surface area (Å²) in [6.07, 6.45) is 0.794. The molecular weight excluding hydrogens is 172 g/mol. The lowest BCUT2D eigenvalue weighted by Gasteiger charge is -2.07. The van der Waals surface area contributed by atoms with Crippen molar-refractivity contribution >= 4 is 18.9 Å². The summed E-state index contributed by atoms with van der Waals surface area (Å²) in [7, 11) is 0. The van der Waals surface area contributed by atoms with Gasteiger partial charge in [0.1, 0.15) is 12.0 Å². The molecule has 1 aromatic carbocycles. The number of aromatic hydroxyl groups is 1. The average Bonchev–Trinajstić information content (AvgIpc) is 2.08. The van der Waals surface area contributed by atoms with Crippen LogP contribution in [-0.2, 0) is 4.79 Å². The van der Waals surface area contributed by atoms with Crippen LogP contribution in [-0.4, -0.2) is 11.4 Å². The zero-order valence-electron chi connectivity index (χ0n) is 6.69. The van der Waals surface area contributed by atoms with Crippen LogP contribution >= 0.6 is 12.6 Å². The van der Waals surface area contributed by atoms with Crippen LogP contribution in [0.2, 0.25) is 0 Å². The molecule has 0 fully saturated rings. The molecule has 1 unspecified atom stereocenters. The maximum Gasteiger partial charge on any atom is 0.132 e. The molecule has 0 aliphatic carbocycles. The summed E-state index contributed by atoms with van der Waals surface area (Å²) in [4.78, 5) is 10.9. The maximum absolute atomic E-state index is 10.4. The van der Waals surface area contributed by atoms with Crippen LogP contribution in [0.15, 0.2) is 23.1 Å². The van der Waals surface area contributed by atoms with Gasteiger partial charge in [-0.3, -0.25) is 0 Å². The molecule has 1 aromatic rings. The lowest BCUT2D eigenvalue weighted by Crippen LogP contribution is -1.94. The van der Waals surface area contributed by atoms with Crippen molar-refractivity contribution in [2.75, 3.05) is 0 Å². The molecule has 0 saturated heterocycles. The van der Waals surface area contributed by atoms with Crippen LogP contribution in [0.5, 0.6) is 5.75 Å². The van der Waals surface area contributed by atoms with E-state index in [4.69, 9.17) is 0 Å². The van der Waals surface area contributed by atoms with Crippen LogP contribution in [0.25, 0.3) is 0 Å². The maximum atomic E-state index is 10.4. The third-order valence-electron chi connectivity index (χ3n) is 1.74. The first kappa shape index (κ1) is 9.13. The van der Waals surface area contributed by atoms with Crippen molar-refractivity contribution in [2.45, 2.75) is 17.7 Å². The number of hydrogen-bond acceptors (Lipinski definition) is 3. The van der Waals surface area contributed by atoms with Crippen molar-refractivity contribution in [3.05, 3.63) is 23.8 Å². The first-order valence-electron chi connectivity index (χ1n) is 3.63. The molecule has 0 bridgehead atoms. The second kappa shape index (κ2) is 3.63. The number of phenols is 1. The third kappa shape index (κ3) is 1.61. The molecule has 0 aromatic heterocycles.